The van der Waals surface area contributed by atoms with Gasteiger partial charge in [0.1, 0.15) is 0 Å². The minimum absolute atomic E-state index is 0.0112. The standard InChI is InChI=1S/C25H32O4S2/c1-23(2)13-25(30-21-11-19(28-7)17(26-5)9-15(21)23)14-24(3,4)16-10-18(27-6)20(29-8)12-22(16)31-25/h9-12H,13-14H2,1-8H3. The molecule has 2 aromatic carbocycles. The van der Waals surface area contributed by atoms with E-state index in [9.17, 15) is 0 Å². The van der Waals surface area contributed by atoms with Crippen LogP contribution in [0.5, 0.6) is 23.0 Å². The molecule has 0 saturated carbocycles. The van der Waals surface area contributed by atoms with E-state index in [1.807, 2.05) is 23.5 Å². The molecule has 4 nitrogen and oxygen atoms in total. The normalized spacial score (nSPS) is 19.9. The lowest BCUT2D eigenvalue weighted by Crippen LogP contribution is -2.42. The fraction of sp³-hybridized carbons (Fsp3) is 0.520. The number of methoxy groups -OCH3 is 4. The van der Waals surface area contributed by atoms with Gasteiger partial charge >= 0.3 is 0 Å². The van der Waals surface area contributed by atoms with Crippen LogP contribution in [-0.4, -0.2) is 32.5 Å². The molecule has 0 aliphatic carbocycles. The molecule has 2 heterocycles. The molecule has 0 saturated heterocycles. The van der Waals surface area contributed by atoms with Crippen LogP contribution in [0.4, 0.5) is 0 Å². The number of ether oxygens (including phenoxy) is 4. The van der Waals surface area contributed by atoms with E-state index in [1.54, 1.807) is 28.4 Å². The number of fused-ring (bicyclic) bond motifs is 2. The van der Waals surface area contributed by atoms with E-state index in [-0.39, 0.29) is 14.9 Å². The summed E-state index contributed by atoms with van der Waals surface area (Å²) in [6, 6.07) is 8.63. The Bertz CT molecular complexity index is 932. The second-order valence-electron chi connectivity index (χ2n) is 9.64. The van der Waals surface area contributed by atoms with Crippen LogP contribution in [0, 0.1) is 0 Å². The van der Waals surface area contributed by atoms with E-state index >= 15 is 0 Å². The quantitative estimate of drug-likeness (QED) is 0.507. The molecule has 0 aromatic heterocycles. The maximum Gasteiger partial charge on any atom is 0.161 e. The largest absolute Gasteiger partial charge is 0.493 e. The number of benzene rings is 2. The van der Waals surface area contributed by atoms with Gasteiger partial charge in [-0.1, -0.05) is 27.7 Å². The van der Waals surface area contributed by atoms with Crippen LogP contribution >= 0.6 is 23.5 Å². The third-order valence-electron chi connectivity index (χ3n) is 6.44. The van der Waals surface area contributed by atoms with Crippen LogP contribution in [0.2, 0.25) is 0 Å². The number of rotatable bonds is 4. The highest BCUT2D eigenvalue weighted by Gasteiger charge is 2.51. The minimum Gasteiger partial charge on any atom is -0.493 e. The topological polar surface area (TPSA) is 36.9 Å². The van der Waals surface area contributed by atoms with Gasteiger partial charge in [0.2, 0.25) is 0 Å². The molecule has 4 rings (SSSR count). The van der Waals surface area contributed by atoms with Crippen molar-refractivity contribution in [2.24, 2.45) is 0 Å². The van der Waals surface area contributed by atoms with Crippen molar-refractivity contribution in [3.05, 3.63) is 35.4 Å². The Morgan fingerprint density at radius 2 is 0.903 bits per heavy atom. The van der Waals surface area contributed by atoms with Gasteiger partial charge in [0.25, 0.3) is 0 Å². The van der Waals surface area contributed by atoms with E-state index in [1.165, 1.54) is 20.9 Å². The summed E-state index contributed by atoms with van der Waals surface area (Å²) in [6.07, 6.45) is 2.13. The Labute approximate surface area is 194 Å². The van der Waals surface area contributed by atoms with E-state index in [4.69, 9.17) is 18.9 Å². The van der Waals surface area contributed by atoms with Crippen molar-refractivity contribution >= 4 is 23.5 Å². The molecule has 168 valence electrons. The highest BCUT2D eigenvalue weighted by Crippen LogP contribution is 2.66. The van der Waals surface area contributed by atoms with Gasteiger partial charge in [0.15, 0.2) is 23.0 Å². The highest BCUT2D eigenvalue weighted by molar-refractivity contribution is 8.18. The smallest absolute Gasteiger partial charge is 0.161 e. The first kappa shape index (κ1) is 22.5. The molecule has 0 amide bonds. The molecule has 0 radical (unpaired) electrons. The summed E-state index contributed by atoms with van der Waals surface area (Å²) in [6.45, 7) is 9.38. The van der Waals surface area contributed by atoms with Gasteiger partial charge in [0.05, 0.1) is 32.5 Å². The van der Waals surface area contributed by atoms with Gasteiger partial charge in [-0.2, -0.15) is 0 Å². The average Bonchev–Trinajstić information content (AvgIpc) is 2.70. The second-order valence-corrected chi connectivity index (χ2v) is 12.8. The fourth-order valence-corrected chi connectivity index (χ4v) is 9.57. The summed E-state index contributed by atoms with van der Waals surface area (Å²) in [5, 5.41) is 0. The number of thioether (sulfide) groups is 2. The van der Waals surface area contributed by atoms with Crippen molar-refractivity contribution in [2.75, 3.05) is 28.4 Å². The SMILES string of the molecule is COc1cc2c(cc1OC)C(C)(C)CC1(CC(C)(C)c3cc(OC)c(OC)cc3S1)S2. The Kier molecular flexibility index (Phi) is 5.62. The van der Waals surface area contributed by atoms with E-state index < -0.39 is 0 Å². The van der Waals surface area contributed by atoms with Crippen LogP contribution in [0.25, 0.3) is 0 Å². The summed E-state index contributed by atoms with van der Waals surface area (Å²) in [5.74, 6) is 3.16. The predicted octanol–water partition coefficient (Wildman–Crippen LogP) is 6.66. The molecule has 2 aliphatic rings. The van der Waals surface area contributed by atoms with E-state index in [0.717, 1.165) is 35.8 Å². The molecule has 2 aliphatic heterocycles. The van der Waals surface area contributed by atoms with Crippen molar-refractivity contribution in [1.82, 2.24) is 0 Å². The van der Waals surface area contributed by atoms with Crippen molar-refractivity contribution in [2.45, 2.75) is 65.2 Å². The zero-order valence-electron chi connectivity index (χ0n) is 19.7. The van der Waals surface area contributed by atoms with Crippen LogP contribution in [0.1, 0.15) is 51.7 Å². The molecule has 31 heavy (non-hydrogen) atoms. The minimum atomic E-state index is 0.0112. The first-order valence-electron chi connectivity index (χ1n) is 10.5. The number of hydrogen-bond donors (Lipinski definition) is 0. The fourth-order valence-electron chi connectivity index (χ4n) is 5.11. The van der Waals surface area contributed by atoms with Crippen LogP contribution < -0.4 is 18.9 Å². The third-order valence-corrected chi connectivity index (χ3v) is 9.38. The van der Waals surface area contributed by atoms with Crippen molar-refractivity contribution in [3.8, 4) is 23.0 Å². The zero-order chi connectivity index (χ0) is 22.6. The summed E-state index contributed by atoms with van der Waals surface area (Å²) >= 11 is 3.95. The van der Waals surface area contributed by atoms with Crippen molar-refractivity contribution in [1.29, 1.82) is 0 Å². The molecule has 2 aromatic rings. The summed E-state index contributed by atoms with van der Waals surface area (Å²) in [7, 11) is 6.81. The van der Waals surface area contributed by atoms with Crippen LogP contribution in [-0.2, 0) is 10.8 Å². The molecular weight excluding hydrogens is 428 g/mol. The average molecular weight is 461 g/mol. The second kappa shape index (κ2) is 7.73. The Morgan fingerprint density at radius 1 is 0.581 bits per heavy atom. The molecule has 0 unspecified atom stereocenters. The molecule has 0 atom stereocenters. The lowest BCUT2D eigenvalue weighted by Gasteiger charge is -2.51. The maximum atomic E-state index is 5.62. The first-order chi connectivity index (χ1) is 14.6. The highest BCUT2D eigenvalue weighted by atomic mass is 32.2. The zero-order valence-corrected chi connectivity index (χ0v) is 21.3. The molecule has 1 spiro atoms. The van der Waals surface area contributed by atoms with Gasteiger partial charge in [0, 0.05) is 9.79 Å². The molecule has 0 N–H and O–H groups in total. The van der Waals surface area contributed by atoms with E-state index in [2.05, 4.69) is 52.0 Å². The van der Waals surface area contributed by atoms with Crippen molar-refractivity contribution in [3.63, 3.8) is 0 Å². The summed E-state index contributed by atoms with van der Waals surface area (Å²) < 4.78 is 22.5. The molecule has 0 fully saturated rings. The van der Waals surface area contributed by atoms with Crippen LogP contribution in [0.3, 0.4) is 0 Å². The monoisotopic (exact) mass is 460 g/mol. The molecular formula is C25H32O4S2. The Balaban J connectivity index is 1.83. The van der Waals surface area contributed by atoms with Gasteiger partial charge in [-0.15, -0.1) is 23.5 Å². The Hall–Kier alpha value is -1.66. The number of hydrogen-bond acceptors (Lipinski definition) is 6. The first-order valence-corrected chi connectivity index (χ1v) is 12.1. The van der Waals surface area contributed by atoms with Gasteiger partial charge < -0.3 is 18.9 Å². The van der Waals surface area contributed by atoms with Gasteiger partial charge in [-0.25, -0.2) is 0 Å². The van der Waals surface area contributed by atoms with Gasteiger partial charge in [-0.05, 0) is 59.1 Å². The lowest BCUT2D eigenvalue weighted by molar-refractivity contribution is 0.338. The Morgan fingerprint density at radius 3 is 1.23 bits per heavy atom. The van der Waals surface area contributed by atoms with Crippen LogP contribution in [0.15, 0.2) is 34.1 Å². The third kappa shape index (κ3) is 3.76. The summed E-state index contributed by atoms with van der Waals surface area (Å²) in [4.78, 5) is 2.56. The molecule has 6 heteroatoms. The van der Waals surface area contributed by atoms with E-state index in [0.29, 0.717) is 0 Å². The lowest BCUT2D eigenvalue weighted by atomic mass is 9.74. The summed E-state index contributed by atoms with van der Waals surface area (Å²) in [5.41, 5.74) is 2.68. The van der Waals surface area contributed by atoms with Gasteiger partial charge in [-0.3, -0.25) is 0 Å². The predicted molar refractivity (Wildman–Crippen MR) is 129 cm³/mol. The van der Waals surface area contributed by atoms with Crippen molar-refractivity contribution < 1.29 is 18.9 Å². The molecule has 0 bridgehead atoms. The maximum absolute atomic E-state index is 5.62.